The van der Waals surface area contributed by atoms with E-state index in [0.29, 0.717) is 6.42 Å². The third-order valence-electron chi connectivity index (χ3n) is 3.30. The predicted molar refractivity (Wildman–Crippen MR) is 74.3 cm³/mol. The summed E-state index contributed by atoms with van der Waals surface area (Å²) in [5.41, 5.74) is 0. The molecule has 0 spiro atoms. The van der Waals surface area contributed by atoms with Gasteiger partial charge in [-0.15, -0.1) is 11.3 Å². The second-order valence-corrected chi connectivity index (χ2v) is 6.46. The lowest BCUT2D eigenvalue weighted by Crippen LogP contribution is -2.42. The summed E-state index contributed by atoms with van der Waals surface area (Å²) in [5, 5.41) is 11.7. The summed E-state index contributed by atoms with van der Waals surface area (Å²) in [6, 6.07) is 3.48. The van der Waals surface area contributed by atoms with Crippen LogP contribution >= 0.6 is 11.3 Å². The number of carboxylic acid groups (broad SMARTS) is 1. The van der Waals surface area contributed by atoms with Crippen LogP contribution in [0.4, 0.5) is 0 Å². The maximum atomic E-state index is 11.7. The van der Waals surface area contributed by atoms with E-state index in [1.54, 1.807) is 11.3 Å². The van der Waals surface area contributed by atoms with Gasteiger partial charge in [0, 0.05) is 16.2 Å². The van der Waals surface area contributed by atoms with Crippen LogP contribution in [0.2, 0.25) is 0 Å². The Balaban J connectivity index is 1.70. The molecule has 1 heterocycles. The molecule has 5 heteroatoms. The molecule has 0 aromatic carbocycles. The van der Waals surface area contributed by atoms with Gasteiger partial charge in [-0.2, -0.15) is 0 Å². The van der Waals surface area contributed by atoms with Crippen molar-refractivity contribution in [2.45, 2.75) is 45.1 Å². The van der Waals surface area contributed by atoms with Gasteiger partial charge in [0.2, 0.25) is 5.91 Å². The topological polar surface area (TPSA) is 66.4 Å². The maximum Gasteiger partial charge on any atom is 0.326 e. The van der Waals surface area contributed by atoms with Crippen molar-refractivity contribution in [3.05, 3.63) is 21.9 Å². The van der Waals surface area contributed by atoms with Crippen molar-refractivity contribution in [3.63, 3.8) is 0 Å². The molecule has 1 aliphatic rings. The van der Waals surface area contributed by atoms with E-state index < -0.39 is 12.0 Å². The van der Waals surface area contributed by atoms with Crippen LogP contribution in [0.5, 0.6) is 0 Å². The zero-order valence-corrected chi connectivity index (χ0v) is 11.8. The summed E-state index contributed by atoms with van der Waals surface area (Å²) >= 11 is 1.75. The summed E-state index contributed by atoms with van der Waals surface area (Å²) in [6.45, 7) is 2.06. The molecule has 0 saturated heterocycles. The quantitative estimate of drug-likeness (QED) is 0.806. The molecule has 1 saturated carbocycles. The number of carbonyl (C=O) groups is 2. The first-order valence-corrected chi connectivity index (χ1v) is 7.45. The van der Waals surface area contributed by atoms with E-state index in [0.717, 1.165) is 25.7 Å². The molecule has 19 heavy (non-hydrogen) atoms. The van der Waals surface area contributed by atoms with Gasteiger partial charge >= 0.3 is 5.97 Å². The number of amides is 1. The Kier molecular flexibility index (Phi) is 4.58. The number of aryl methyl sites for hydroxylation is 2. The minimum absolute atomic E-state index is 0.140. The number of hydrogen-bond acceptors (Lipinski definition) is 3. The summed E-state index contributed by atoms with van der Waals surface area (Å²) < 4.78 is 0. The van der Waals surface area contributed by atoms with Crippen molar-refractivity contribution >= 4 is 23.2 Å². The number of carbonyl (C=O) groups excluding carboxylic acids is 1. The van der Waals surface area contributed by atoms with Crippen molar-refractivity contribution in [2.75, 3.05) is 0 Å². The van der Waals surface area contributed by atoms with E-state index in [9.17, 15) is 9.59 Å². The monoisotopic (exact) mass is 281 g/mol. The van der Waals surface area contributed by atoms with Crippen LogP contribution in [0.25, 0.3) is 0 Å². The molecule has 1 aromatic rings. The number of hydrogen-bond donors (Lipinski definition) is 2. The first kappa shape index (κ1) is 14.1. The molecule has 1 aliphatic carbocycles. The van der Waals surface area contributed by atoms with E-state index in [-0.39, 0.29) is 11.8 Å². The van der Waals surface area contributed by atoms with Gasteiger partial charge in [0.25, 0.3) is 0 Å². The zero-order valence-electron chi connectivity index (χ0n) is 11.0. The Hall–Kier alpha value is -1.36. The average molecular weight is 281 g/mol. The molecule has 1 atom stereocenters. The van der Waals surface area contributed by atoms with Crippen LogP contribution in [0, 0.1) is 12.8 Å². The Morgan fingerprint density at radius 3 is 2.74 bits per heavy atom. The van der Waals surface area contributed by atoms with Crippen molar-refractivity contribution in [1.29, 1.82) is 0 Å². The Morgan fingerprint density at radius 2 is 2.21 bits per heavy atom. The fourth-order valence-electron chi connectivity index (χ4n) is 2.10. The van der Waals surface area contributed by atoms with Crippen molar-refractivity contribution < 1.29 is 14.7 Å². The Bertz CT molecular complexity index is 465. The smallest absolute Gasteiger partial charge is 0.326 e. The molecule has 1 fully saturated rings. The number of nitrogens with one attached hydrogen (secondary N) is 1. The summed E-state index contributed by atoms with van der Waals surface area (Å²) in [4.78, 5) is 25.3. The SMILES string of the molecule is Cc1ccc(CCCC(=O)NC(C(=O)O)C2CC2)s1. The molecule has 4 nitrogen and oxygen atoms in total. The molecule has 1 unspecified atom stereocenters. The second-order valence-electron chi connectivity index (χ2n) is 5.09. The Labute approximate surface area is 116 Å². The molecular formula is C14H19NO3S. The molecule has 0 aliphatic heterocycles. The van der Waals surface area contributed by atoms with Gasteiger partial charge in [0.15, 0.2) is 0 Å². The number of aliphatic carboxylic acids is 1. The highest BCUT2D eigenvalue weighted by atomic mass is 32.1. The van der Waals surface area contributed by atoms with Gasteiger partial charge in [-0.05, 0) is 50.7 Å². The number of rotatable bonds is 7. The highest BCUT2D eigenvalue weighted by Crippen LogP contribution is 2.32. The highest BCUT2D eigenvalue weighted by molar-refractivity contribution is 7.11. The largest absolute Gasteiger partial charge is 0.480 e. The first-order valence-electron chi connectivity index (χ1n) is 6.64. The molecule has 2 rings (SSSR count). The fourth-order valence-corrected chi connectivity index (χ4v) is 3.03. The van der Waals surface area contributed by atoms with E-state index in [4.69, 9.17) is 5.11 Å². The van der Waals surface area contributed by atoms with Gasteiger partial charge in [-0.3, -0.25) is 4.79 Å². The van der Waals surface area contributed by atoms with Gasteiger partial charge in [-0.25, -0.2) is 4.79 Å². The zero-order chi connectivity index (χ0) is 13.8. The normalized spacial score (nSPS) is 16.1. The van der Waals surface area contributed by atoms with Gasteiger partial charge in [-0.1, -0.05) is 0 Å². The fraction of sp³-hybridized carbons (Fsp3) is 0.571. The van der Waals surface area contributed by atoms with Crippen molar-refractivity contribution in [2.24, 2.45) is 5.92 Å². The lowest BCUT2D eigenvalue weighted by molar-refractivity contribution is -0.142. The molecule has 0 bridgehead atoms. The van der Waals surface area contributed by atoms with E-state index in [2.05, 4.69) is 24.4 Å². The molecule has 1 aromatic heterocycles. The first-order chi connectivity index (χ1) is 9.06. The summed E-state index contributed by atoms with van der Waals surface area (Å²) in [6.07, 6.45) is 3.86. The van der Waals surface area contributed by atoms with Crippen molar-refractivity contribution in [3.8, 4) is 0 Å². The van der Waals surface area contributed by atoms with Gasteiger partial charge < -0.3 is 10.4 Å². The standard InChI is InChI=1S/C14H19NO3S/c1-9-5-8-11(19-9)3-2-4-12(16)15-13(14(17)18)10-6-7-10/h5,8,10,13H,2-4,6-7H2,1H3,(H,15,16)(H,17,18). The molecule has 104 valence electrons. The van der Waals surface area contributed by atoms with Crippen LogP contribution in [0.1, 0.15) is 35.4 Å². The Morgan fingerprint density at radius 1 is 1.47 bits per heavy atom. The van der Waals surface area contributed by atoms with Crippen molar-refractivity contribution in [1.82, 2.24) is 5.32 Å². The van der Waals surface area contributed by atoms with Gasteiger partial charge in [0.05, 0.1) is 0 Å². The van der Waals surface area contributed by atoms with E-state index >= 15 is 0 Å². The minimum atomic E-state index is -0.912. The molecule has 0 radical (unpaired) electrons. The third kappa shape index (κ3) is 4.35. The van der Waals surface area contributed by atoms with E-state index in [1.807, 2.05) is 0 Å². The lowest BCUT2D eigenvalue weighted by Gasteiger charge is -2.13. The number of carboxylic acids is 1. The van der Waals surface area contributed by atoms with Crippen LogP contribution in [0.15, 0.2) is 12.1 Å². The average Bonchev–Trinajstić information content (AvgIpc) is 3.10. The van der Waals surface area contributed by atoms with Gasteiger partial charge in [0.1, 0.15) is 6.04 Å². The highest BCUT2D eigenvalue weighted by Gasteiger charge is 2.37. The molecule has 2 N–H and O–H groups in total. The van der Waals surface area contributed by atoms with Crippen LogP contribution in [-0.2, 0) is 16.0 Å². The molecule has 1 amide bonds. The van der Waals surface area contributed by atoms with Crippen LogP contribution in [0.3, 0.4) is 0 Å². The van der Waals surface area contributed by atoms with Crippen LogP contribution < -0.4 is 5.32 Å². The minimum Gasteiger partial charge on any atom is -0.480 e. The van der Waals surface area contributed by atoms with E-state index in [1.165, 1.54) is 9.75 Å². The number of thiophene rings is 1. The summed E-state index contributed by atoms with van der Waals surface area (Å²) in [5.74, 6) is -0.918. The van der Waals surface area contributed by atoms with Crippen LogP contribution in [-0.4, -0.2) is 23.0 Å². The molecular weight excluding hydrogens is 262 g/mol. The second kappa shape index (κ2) is 6.19. The summed E-state index contributed by atoms with van der Waals surface area (Å²) in [7, 11) is 0. The lowest BCUT2D eigenvalue weighted by atomic mass is 10.1. The predicted octanol–water partition coefficient (Wildman–Crippen LogP) is 2.36. The third-order valence-corrected chi connectivity index (χ3v) is 4.36. The maximum absolute atomic E-state index is 11.7.